The highest BCUT2D eigenvalue weighted by Crippen LogP contribution is 2.17. The molecule has 5 nitrogen and oxygen atoms in total. The van der Waals surface area contributed by atoms with Crippen molar-refractivity contribution < 1.29 is 4.21 Å². The maximum Gasteiger partial charge on any atom is 0.224 e. The van der Waals surface area contributed by atoms with E-state index in [0.29, 0.717) is 17.3 Å². The van der Waals surface area contributed by atoms with Crippen LogP contribution in [0.2, 0.25) is 5.28 Å². The summed E-state index contributed by atoms with van der Waals surface area (Å²) in [6.45, 7) is 1.97. The predicted octanol–water partition coefficient (Wildman–Crippen LogP) is 1.28. The zero-order valence-corrected chi connectivity index (χ0v) is 10.8. The topological polar surface area (TPSA) is 80.9 Å². The van der Waals surface area contributed by atoms with Gasteiger partial charge in [0.1, 0.15) is 0 Å². The van der Waals surface area contributed by atoms with Gasteiger partial charge in [-0.2, -0.15) is 4.98 Å². The third kappa shape index (κ3) is 4.32. The van der Waals surface area contributed by atoms with Crippen molar-refractivity contribution in [2.45, 2.75) is 19.4 Å². The summed E-state index contributed by atoms with van der Waals surface area (Å²) in [5.74, 6) is 1.17. The summed E-state index contributed by atoms with van der Waals surface area (Å²) < 4.78 is 10.9. The summed E-state index contributed by atoms with van der Waals surface area (Å²) in [5, 5.41) is 3.27. The first-order valence-electron chi connectivity index (χ1n) is 4.83. The van der Waals surface area contributed by atoms with Gasteiger partial charge in [0.05, 0.1) is 11.9 Å². The molecule has 1 heterocycles. The monoisotopic (exact) mass is 262 g/mol. The molecule has 2 atom stereocenters. The van der Waals surface area contributed by atoms with E-state index in [2.05, 4.69) is 15.3 Å². The van der Waals surface area contributed by atoms with Crippen LogP contribution in [0, 0.1) is 0 Å². The molecule has 0 saturated heterocycles. The molecule has 16 heavy (non-hydrogen) atoms. The standard InChI is InChI=1S/C9H15ClN4OS/c1-6(3-4-16(2)15)13-8-7(11)5-12-9(10)14-8/h5-6H,3-4,11H2,1-2H3,(H,12,13,14). The lowest BCUT2D eigenvalue weighted by Crippen LogP contribution is -2.19. The van der Waals surface area contributed by atoms with Crippen LogP contribution in [0.5, 0.6) is 0 Å². The Morgan fingerprint density at radius 1 is 1.69 bits per heavy atom. The maximum atomic E-state index is 10.9. The molecule has 0 aliphatic rings. The van der Waals surface area contributed by atoms with Gasteiger partial charge in [-0.05, 0) is 24.9 Å². The van der Waals surface area contributed by atoms with E-state index in [0.717, 1.165) is 6.42 Å². The number of hydrogen-bond donors (Lipinski definition) is 2. The molecule has 0 fully saturated rings. The van der Waals surface area contributed by atoms with Gasteiger partial charge in [0.2, 0.25) is 5.28 Å². The van der Waals surface area contributed by atoms with Crippen LogP contribution in [0.1, 0.15) is 13.3 Å². The van der Waals surface area contributed by atoms with Gasteiger partial charge in [-0.25, -0.2) is 4.98 Å². The molecular weight excluding hydrogens is 248 g/mol. The Kier molecular flexibility index (Phi) is 4.95. The normalized spacial score (nSPS) is 14.4. The molecule has 0 aliphatic heterocycles. The fourth-order valence-corrected chi connectivity index (χ4v) is 1.95. The van der Waals surface area contributed by atoms with E-state index in [1.165, 1.54) is 6.20 Å². The first-order valence-corrected chi connectivity index (χ1v) is 6.94. The molecule has 90 valence electrons. The lowest BCUT2D eigenvalue weighted by molar-refractivity contribution is 0.678. The molecule has 2 unspecified atom stereocenters. The van der Waals surface area contributed by atoms with Crippen LogP contribution in [-0.2, 0) is 10.8 Å². The summed E-state index contributed by atoms with van der Waals surface area (Å²) >= 11 is 5.66. The van der Waals surface area contributed by atoms with Crippen LogP contribution < -0.4 is 11.1 Å². The summed E-state index contributed by atoms with van der Waals surface area (Å²) in [7, 11) is -0.784. The van der Waals surface area contributed by atoms with Crippen LogP contribution in [0.25, 0.3) is 0 Å². The minimum atomic E-state index is -0.784. The summed E-state index contributed by atoms with van der Waals surface area (Å²) in [6.07, 6.45) is 3.93. The van der Waals surface area contributed by atoms with Gasteiger partial charge in [-0.15, -0.1) is 0 Å². The second-order valence-corrected chi connectivity index (χ2v) is 5.45. The Morgan fingerprint density at radius 3 is 3.00 bits per heavy atom. The summed E-state index contributed by atoms with van der Waals surface area (Å²) in [5.41, 5.74) is 6.14. The Balaban J connectivity index is 2.58. The number of aromatic nitrogens is 2. The number of hydrogen-bond acceptors (Lipinski definition) is 5. The Labute approximate surface area is 102 Å². The SMILES string of the molecule is CC(CCS(C)=O)Nc1nc(Cl)ncc1N. The molecule has 7 heteroatoms. The van der Waals surface area contributed by atoms with Crippen molar-refractivity contribution in [1.29, 1.82) is 0 Å². The van der Waals surface area contributed by atoms with E-state index >= 15 is 0 Å². The first kappa shape index (κ1) is 13.2. The third-order valence-electron chi connectivity index (χ3n) is 2.01. The Morgan fingerprint density at radius 2 is 2.38 bits per heavy atom. The maximum absolute atomic E-state index is 10.9. The molecule has 0 saturated carbocycles. The van der Waals surface area contributed by atoms with Crippen LogP contribution in [-0.4, -0.2) is 32.2 Å². The molecule has 3 N–H and O–H groups in total. The van der Waals surface area contributed by atoms with Crippen molar-refractivity contribution in [3.63, 3.8) is 0 Å². The number of nitrogens with zero attached hydrogens (tertiary/aromatic N) is 2. The van der Waals surface area contributed by atoms with Gasteiger partial charge < -0.3 is 11.1 Å². The van der Waals surface area contributed by atoms with Crippen LogP contribution in [0.15, 0.2) is 6.20 Å². The Bertz CT molecular complexity index is 388. The van der Waals surface area contributed by atoms with Crippen molar-refractivity contribution >= 4 is 33.9 Å². The molecule has 1 rings (SSSR count). The zero-order chi connectivity index (χ0) is 12.1. The zero-order valence-electron chi connectivity index (χ0n) is 9.24. The van der Waals surface area contributed by atoms with Crippen LogP contribution >= 0.6 is 11.6 Å². The lowest BCUT2D eigenvalue weighted by Gasteiger charge is -2.14. The van der Waals surface area contributed by atoms with Gasteiger partial charge in [-0.3, -0.25) is 4.21 Å². The van der Waals surface area contributed by atoms with E-state index in [4.69, 9.17) is 17.3 Å². The molecule has 0 bridgehead atoms. The number of nitrogens with one attached hydrogen (secondary N) is 1. The number of nitrogen functional groups attached to an aromatic ring is 1. The average molecular weight is 263 g/mol. The minimum Gasteiger partial charge on any atom is -0.394 e. The largest absolute Gasteiger partial charge is 0.394 e. The minimum absolute atomic E-state index is 0.136. The average Bonchev–Trinajstić information content (AvgIpc) is 2.20. The number of nitrogens with two attached hydrogens (primary N) is 1. The second kappa shape index (κ2) is 6.00. The fraction of sp³-hybridized carbons (Fsp3) is 0.556. The van der Waals surface area contributed by atoms with Gasteiger partial charge in [0, 0.05) is 28.9 Å². The van der Waals surface area contributed by atoms with E-state index in [1.54, 1.807) is 6.26 Å². The van der Waals surface area contributed by atoms with Crippen LogP contribution in [0.3, 0.4) is 0 Å². The lowest BCUT2D eigenvalue weighted by atomic mass is 10.2. The molecule has 0 aromatic carbocycles. The number of halogens is 1. The van der Waals surface area contributed by atoms with Gasteiger partial charge >= 0.3 is 0 Å². The highest BCUT2D eigenvalue weighted by Gasteiger charge is 2.08. The summed E-state index contributed by atoms with van der Waals surface area (Å²) in [6, 6.07) is 0.136. The predicted molar refractivity (Wildman–Crippen MR) is 68.1 cm³/mol. The van der Waals surface area contributed by atoms with Crippen LogP contribution in [0.4, 0.5) is 11.5 Å². The highest BCUT2D eigenvalue weighted by atomic mass is 35.5. The van der Waals surface area contributed by atoms with E-state index < -0.39 is 10.8 Å². The smallest absolute Gasteiger partial charge is 0.224 e. The van der Waals surface area contributed by atoms with Crippen molar-refractivity contribution in [2.24, 2.45) is 0 Å². The third-order valence-corrected chi connectivity index (χ3v) is 3.00. The first-order chi connectivity index (χ1) is 7.49. The van der Waals surface area contributed by atoms with E-state index in [-0.39, 0.29) is 11.3 Å². The summed E-state index contributed by atoms with van der Waals surface area (Å²) in [4.78, 5) is 7.74. The van der Waals surface area contributed by atoms with Gasteiger partial charge in [-0.1, -0.05) is 0 Å². The quantitative estimate of drug-likeness (QED) is 0.782. The molecule has 0 amide bonds. The second-order valence-electron chi connectivity index (χ2n) is 3.55. The molecular formula is C9H15ClN4OS. The van der Waals surface area contributed by atoms with Crippen molar-refractivity contribution in [3.05, 3.63) is 11.5 Å². The van der Waals surface area contributed by atoms with Gasteiger partial charge in [0.25, 0.3) is 0 Å². The molecule has 1 aromatic rings. The Hall–Kier alpha value is -0.880. The number of rotatable bonds is 5. The van der Waals surface area contributed by atoms with E-state index in [1.807, 2.05) is 6.92 Å². The van der Waals surface area contributed by atoms with Gasteiger partial charge in [0.15, 0.2) is 5.82 Å². The molecule has 0 radical (unpaired) electrons. The molecule has 0 aliphatic carbocycles. The number of anilines is 2. The van der Waals surface area contributed by atoms with E-state index in [9.17, 15) is 4.21 Å². The molecule has 0 spiro atoms. The van der Waals surface area contributed by atoms with Crippen molar-refractivity contribution in [3.8, 4) is 0 Å². The fourth-order valence-electron chi connectivity index (χ4n) is 1.13. The van der Waals surface area contributed by atoms with Crippen molar-refractivity contribution in [1.82, 2.24) is 9.97 Å². The van der Waals surface area contributed by atoms with Crippen molar-refractivity contribution in [2.75, 3.05) is 23.1 Å². The highest BCUT2D eigenvalue weighted by molar-refractivity contribution is 7.84. The molecule has 1 aromatic heterocycles.